The van der Waals surface area contributed by atoms with Gasteiger partial charge in [0, 0.05) is 25.5 Å². The van der Waals surface area contributed by atoms with Gasteiger partial charge in [0.15, 0.2) is 6.10 Å². The van der Waals surface area contributed by atoms with E-state index in [2.05, 4.69) is 10.3 Å². The highest BCUT2D eigenvalue weighted by Crippen LogP contribution is 2.18. The molecule has 0 aliphatic heterocycles. The molecule has 0 aromatic carbocycles. The number of halogens is 3. The molecule has 0 saturated carbocycles. The van der Waals surface area contributed by atoms with Crippen molar-refractivity contribution >= 4 is 0 Å². The first-order valence-electron chi connectivity index (χ1n) is 4.91. The summed E-state index contributed by atoms with van der Waals surface area (Å²) in [4.78, 5) is 3.84. The van der Waals surface area contributed by atoms with Crippen LogP contribution in [0.1, 0.15) is 6.42 Å². The number of nitrogens with zero attached hydrogens (tertiary/aromatic N) is 2. The van der Waals surface area contributed by atoms with Crippen molar-refractivity contribution in [1.82, 2.24) is 14.9 Å². The number of aryl methyl sites for hydroxylation is 1. The minimum Gasteiger partial charge on any atom is -0.382 e. The summed E-state index contributed by atoms with van der Waals surface area (Å²) in [6, 6.07) is 0. The smallest absolute Gasteiger partial charge is 0.382 e. The zero-order chi connectivity index (χ0) is 12.0. The van der Waals surface area contributed by atoms with Gasteiger partial charge in [0.05, 0.1) is 6.33 Å². The average molecular weight is 237 g/mol. The summed E-state index contributed by atoms with van der Waals surface area (Å²) in [6.45, 7) is 0.647. The Bertz CT molecular complexity index is 287. The summed E-state index contributed by atoms with van der Waals surface area (Å²) in [7, 11) is 0. The van der Waals surface area contributed by atoms with E-state index in [4.69, 9.17) is 5.11 Å². The standard InChI is InChI=1S/C9H14F3N3O/c10-9(11,12)8(16)6-13-2-1-4-15-5-3-14-7-15/h3,5,7-8,13,16H,1-2,4,6H2/t8-/m0/s1. The van der Waals surface area contributed by atoms with Crippen LogP contribution in [0.15, 0.2) is 18.7 Å². The van der Waals surface area contributed by atoms with Gasteiger partial charge < -0.3 is 15.0 Å². The number of hydrogen-bond acceptors (Lipinski definition) is 3. The van der Waals surface area contributed by atoms with Crippen LogP contribution in [0.2, 0.25) is 0 Å². The van der Waals surface area contributed by atoms with Gasteiger partial charge in [0.2, 0.25) is 0 Å². The molecule has 0 unspecified atom stereocenters. The summed E-state index contributed by atoms with van der Waals surface area (Å²) < 4.78 is 37.5. The Labute approximate surface area is 91.1 Å². The Hall–Kier alpha value is -1.08. The molecule has 0 aliphatic carbocycles. The fourth-order valence-corrected chi connectivity index (χ4v) is 1.16. The molecule has 0 radical (unpaired) electrons. The van der Waals surface area contributed by atoms with Crippen LogP contribution in [-0.2, 0) is 6.54 Å². The molecule has 1 heterocycles. The van der Waals surface area contributed by atoms with Crippen LogP contribution in [0.25, 0.3) is 0 Å². The highest BCUT2D eigenvalue weighted by molar-refractivity contribution is 4.74. The number of aromatic nitrogens is 2. The Morgan fingerprint density at radius 3 is 2.75 bits per heavy atom. The summed E-state index contributed by atoms with van der Waals surface area (Å²) in [5.41, 5.74) is 0. The van der Waals surface area contributed by atoms with Crippen molar-refractivity contribution in [2.24, 2.45) is 0 Å². The van der Waals surface area contributed by atoms with Gasteiger partial charge >= 0.3 is 6.18 Å². The number of imidazole rings is 1. The maximum atomic E-state index is 11.9. The van der Waals surface area contributed by atoms with Gasteiger partial charge in [-0.2, -0.15) is 13.2 Å². The molecule has 1 atom stereocenters. The molecule has 0 saturated heterocycles. The molecular formula is C9H14F3N3O. The van der Waals surface area contributed by atoms with Crippen molar-refractivity contribution in [2.75, 3.05) is 13.1 Å². The minimum atomic E-state index is -4.54. The fraction of sp³-hybridized carbons (Fsp3) is 0.667. The molecule has 1 aromatic heterocycles. The number of nitrogens with one attached hydrogen (secondary N) is 1. The monoisotopic (exact) mass is 237 g/mol. The number of hydrogen-bond donors (Lipinski definition) is 2. The summed E-state index contributed by atoms with van der Waals surface area (Å²) in [6.07, 6.45) is -1.09. The number of aliphatic hydroxyl groups excluding tert-OH is 1. The van der Waals surface area contributed by atoms with Gasteiger partial charge in [-0.25, -0.2) is 4.98 Å². The third-order valence-corrected chi connectivity index (χ3v) is 2.04. The molecule has 2 N–H and O–H groups in total. The maximum Gasteiger partial charge on any atom is 0.415 e. The van der Waals surface area contributed by atoms with Crippen molar-refractivity contribution in [1.29, 1.82) is 0 Å². The molecule has 0 bridgehead atoms. The van der Waals surface area contributed by atoms with E-state index in [-0.39, 0.29) is 0 Å². The largest absolute Gasteiger partial charge is 0.415 e. The van der Waals surface area contributed by atoms with Crippen molar-refractivity contribution < 1.29 is 18.3 Å². The zero-order valence-corrected chi connectivity index (χ0v) is 8.61. The Kier molecular flexibility index (Phi) is 4.75. The van der Waals surface area contributed by atoms with E-state index in [9.17, 15) is 13.2 Å². The van der Waals surface area contributed by atoms with Crippen molar-refractivity contribution in [3.8, 4) is 0 Å². The second kappa shape index (κ2) is 5.86. The molecule has 92 valence electrons. The SMILES string of the molecule is O[C@@H](CNCCCn1ccnc1)C(F)(F)F. The predicted molar refractivity (Wildman–Crippen MR) is 51.8 cm³/mol. The second-order valence-corrected chi connectivity index (χ2v) is 3.42. The molecule has 7 heteroatoms. The molecule has 0 aliphatic rings. The van der Waals surface area contributed by atoms with Gasteiger partial charge in [0.1, 0.15) is 0 Å². The number of rotatable bonds is 6. The van der Waals surface area contributed by atoms with Gasteiger partial charge in [-0.05, 0) is 13.0 Å². The van der Waals surface area contributed by atoms with Crippen LogP contribution in [0, 0.1) is 0 Å². The van der Waals surface area contributed by atoms with Gasteiger partial charge in [-0.15, -0.1) is 0 Å². The highest BCUT2D eigenvalue weighted by Gasteiger charge is 2.37. The first-order valence-corrected chi connectivity index (χ1v) is 4.91. The molecule has 1 aromatic rings. The van der Waals surface area contributed by atoms with Crippen molar-refractivity contribution in [3.63, 3.8) is 0 Å². The first-order chi connectivity index (χ1) is 7.50. The second-order valence-electron chi connectivity index (χ2n) is 3.42. The van der Waals surface area contributed by atoms with E-state index in [1.165, 1.54) is 0 Å². The lowest BCUT2D eigenvalue weighted by Gasteiger charge is -2.14. The van der Waals surface area contributed by atoms with E-state index in [0.717, 1.165) is 0 Å². The molecule has 16 heavy (non-hydrogen) atoms. The fourth-order valence-electron chi connectivity index (χ4n) is 1.16. The van der Waals surface area contributed by atoms with E-state index >= 15 is 0 Å². The van der Waals surface area contributed by atoms with Gasteiger partial charge in [-0.1, -0.05) is 0 Å². The lowest BCUT2D eigenvalue weighted by molar-refractivity contribution is -0.201. The third kappa shape index (κ3) is 4.63. The van der Waals surface area contributed by atoms with Crippen LogP contribution in [0.4, 0.5) is 13.2 Å². The lowest BCUT2D eigenvalue weighted by Crippen LogP contribution is -2.38. The highest BCUT2D eigenvalue weighted by atomic mass is 19.4. The number of alkyl halides is 3. The molecule has 4 nitrogen and oxygen atoms in total. The topological polar surface area (TPSA) is 50.1 Å². The summed E-state index contributed by atoms with van der Waals surface area (Å²) in [5.74, 6) is 0. The quantitative estimate of drug-likeness (QED) is 0.719. The summed E-state index contributed by atoms with van der Waals surface area (Å²) >= 11 is 0. The third-order valence-electron chi connectivity index (χ3n) is 2.04. The van der Waals surface area contributed by atoms with Crippen LogP contribution in [0.3, 0.4) is 0 Å². The lowest BCUT2D eigenvalue weighted by atomic mass is 10.3. The Morgan fingerprint density at radius 1 is 1.44 bits per heavy atom. The predicted octanol–water partition coefficient (Wildman–Crippen LogP) is 0.786. The van der Waals surface area contributed by atoms with Crippen LogP contribution in [0.5, 0.6) is 0 Å². The van der Waals surface area contributed by atoms with E-state index < -0.39 is 18.8 Å². The van der Waals surface area contributed by atoms with Gasteiger partial charge in [0.25, 0.3) is 0 Å². The maximum absolute atomic E-state index is 11.9. The van der Waals surface area contributed by atoms with E-state index in [1.54, 1.807) is 18.7 Å². The molecule has 0 spiro atoms. The molecule has 0 amide bonds. The molecule has 1 rings (SSSR count). The Morgan fingerprint density at radius 2 is 2.19 bits per heavy atom. The minimum absolute atomic E-state index is 0.422. The van der Waals surface area contributed by atoms with Crippen molar-refractivity contribution in [2.45, 2.75) is 25.2 Å². The normalized spacial score (nSPS) is 14.0. The van der Waals surface area contributed by atoms with Crippen LogP contribution < -0.4 is 5.32 Å². The Balaban J connectivity index is 2.04. The average Bonchev–Trinajstić information content (AvgIpc) is 2.68. The van der Waals surface area contributed by atoms with E-state index in [0.29, 0.717) is 19.5 Å². The van der Waals surface area contributed by atoms with E-state index in [1.807, 2.05) is 4.57 Å². The first kappa shape index (κ1) is 13.0. The van der Waals surface area contributed by atoms with Crippen molar-refractivity contribution in [3.05, 3.63) is 18.7 Å². The zero-order valence-electron chi connectivity index (χ0n) is 8.61. The molecule has 0 fully saturated rings. The van der Waals surface area contributed by atoms with Crippen LogP contribution in [-0.4, -0.2) is 40.0 Å². The van der Waals surface area contributed by atoms with Gasteiger partial charge in [-0.3, -0.25) is 0 Å². The molecular weight excluding hydrogens is 223 g/mol. The number of aliphatic hydroxyl groups is 1. The van der Waals surface area contributed by atoms with Crippen LogP contribution >= 0.6 is 0 Å². The summed E-state index contributed by atoms with van der Waals surface area (Å²) in [5, 5.41) is 11.2.